The van der Waals surface area contributed by atoms with E-state index in [1.165, 1.54) is 24.9 Å². The minimum absolute atomic E-state index is 0.479. The summed E-state index contributed by atoms with van der Waals surface area (Å²) >= 11 is 6.09. The Morgan fingerprint density at radius 2 is 2.16 bits per heavy atom. The van der Waals surface area contributed by atoms with Crippen LogP contribution in [-0.2, 0) is 12.4 Å². The average Bonchev–Trinajstić information content (AvgIpc) is 2.94. The smallest absolute Gasteiger partial charge is 0.159 e. The zero-order valence-electron chi connectivity index (χ0n) is 11.9. The second-order valence-electron chi connectivity index (χ2n) is 5.46. The molecule has 0 N–H and O–H groups in total. The maximum absolute atomic E-state index is 6.09. The van der Waals surface area contributed by atoms with Crippen LogP contribution in [-0.4, -0.2) is 19.3 Å². The largest absolute Gasteiger partial charge is 0.308 e. The molecule has 0 saturated heterocycles. The fraction of sp³-hybridized carbons (Fsp3) is 0.714. The van der Waals surface area contributed by atoms with Crippen LogP contribution in [0.3, 0.4) is 0 Å². The van der Waals surface area contributed by atoms with E-state index >= 15 is 0 Å². The predicted molar refractivity (Wildman–Crippen MR) is 77.5 cm³/mol. The van der Waals surface area contributed by atoms with E-state index in [2.05, 4.69) is 28.2 Å². The van der Waals surface area contributed by atoms with Crippen molar-refractivity contribution in [1.29, 1.82) is 0 Å². The molecule has 2 aromatic heterocycles. The number of hydrogen-bond acceptors (Lipinski definition) is 2. The van der Waals surface area contributed by atoms with Crippen LogP contribution in [0.25, 0.3) is 11.2 Å². The number of aryl methyl sites for hydroxylation is 2. The first kappa shape index (κ1) is 13.0. The van der Waals surface area contributed by atoms with Crippen LogP contribution in [0.2, 0.25) is 0 Å². The third-order valence-electron chi connectivity index (χ3n) is 4.11. The van der Waals surface area contributed by atoms with Crippen LogP contribution >= 0.6 is 11.6 Å². The van der Waals surface area contributed by atoms with E-state index < -0.39 is 0 Å². The van der Waals surface area contributed by atoms with Crippen molar-refractivity contribution >= 4 is 22.8 Å². The summed E-state index contributed by atoms with van der Waals surface area (Å²) in [4.78, 5) is 4.70. The van der Waals surface area contributed by atoms with E-state index in [1.807, 2.05) is 6.92 Å². The Hall–Kier alpha value is -1.03. The molecule has 0 aromatic carbocycles. The molecule has 1 aliphatic rings. The Morgan fingerprint density at radius 3 is 2.79 bits per heavy atom. The summed E-state index contributed by atoms with van der Waals surface area (Å²) in [5.74, 6) is 2.28. The maximum Gasteiger partial charge on any atom is 0.159 e. The highest BCUT2D eigenvalue weighted by Crippen LogP contribution is 2.48. The molecule has 3 rings (SSSR count). The summed E-state index contributed by atoms with van der Waals surface area (Å²) in [5.41, 5.74) is 3.20. The van der Waals surface area contributed by atoms with Gasteiger partial charge in [0.2, 0.25) is 0 Å². The van der Waals surface area contributed by atoms with E-state index in [-0.39, 0.29) is 0 Å². The summed E-state index contributed by atoms with van der Waals surface area (Å²) in [6, 6.07) is 0.583. The van der Waals surface area contributed by atoms with Gasteiger partial charge in [-0.05, 0) is 32.6 Å². The van der Waals surface area contributed by atoms with Crippen molar-refractivity contribution in [3.05, 3.63) is 11.5 Å². The summed E-state index contributed by atoms with van der Waals surface area (Å²) in [6.45, 7) is 7.28. The van der Waals surface area contributed by atoms with Crippen molar-refractivity contribution in [2.24, 2.45) is 5.92 Å². The van der Waals surface area contributed by atoms with E-state index in [4.69, 9.17) is 16.6 Å². The van der Waals surface area contributed by atoms with E-state index in [0.717, 1.165) is 29.5 Å². The van der Waals surface area contributed by atoms with Crippen LogP contribution in [0, 0.1) is 12.8 Å². The van der Waals surface area contributed by atoms with Crippen molar-refractivity contribution in [1.82, 2.24) is 19.3 Å². The SMILES string of the molecule is CCCC1CC1n1c(CCl)nc2c(C)nn(CC)c21. The standard InChI is InChI=1S/C14H21ClN4/c1-4-6-10-7-11(10)19-12(8-15)16-13-9(3)17-18(5-2)14(13)19/h10-11H,4-8H2,1-3H3. The Morgan fingerprint density at radius 1 is 1.37 bits per heavy atom. The summed E-state index contributed by atoms with van der Waals surface area (Å²) in [7, 11) is 0. The zero-order chi connectivity index (χ0) is 13.6. The minimum Gasteiger partial charge on any atom is -0.308 e. The van der Waals surface area contributed by atoms with E-state index in [0.29, 0.717) is 11.9 Å². The Bertz CT molecular complexity index is 598. The highest BCUT2D eigenvalue weighted by Gasteiger charge is 2.40. The molecular weight excluding hydrogens is 260 g/mol. The monoisotopic (exact) mass is 280 g/mol. The fourth-order valence-corrected chi connectivity index (χ4v) is 3.31. The first-order chi connectivity index (χ1) is 9.21. The second-order valence-corrected chi connectivity index (χ2v) is 5.72. The average molecular weight is 281 g/mol. The number of hydrogen-bond donors (Lipinski definition) is 0. The molecular formula is C14H21ClN4. The third kappa shape index (κ3) is 1.97. The van der Waals surface area contributed by atoms with Crippen molar-refractivity contribution in [3.8, 4) is 0 Å². The molecule has 19 heavy (non-hydrogen) atoms. The molecule has 1 saturated carbocycles. The van der Waals surface area contributed by atoms with Gasteiger partial charge in [-0.2, -0.15) is 5.10 Å². The van der Waals surface area contributed by atoms with Crippen LogP contribution in [0.4, 0.5) is 0 Å². The van der Waals surface area contributed by atoms with Crippen molar-refractivity contribution in [2.75, 3.05) is 0 Å². The van der Waals surface area contributed by atoms with Gasteiger partial charge >= 0.3 is 0 Å². The molecule has 1 fully saturated rings. The van der Waals surface area contributed by atoms with Gasteiger partial charge in [-0.1, -0.05) is 13.3 Å². The van der Waals surface area contributed by atoms with Gasteiger partial charge in [-0.3, -0.25) is 0 Å². The lowest BCUT2D eigenvalue weighted by molar-refractivity contribution is 0.579. The molecule has 104 valence electrons. The number of rotatable bonds is 5. The number of halogens is 1. The number of fused-ring (bicyclic) bond motifs is 1. The predicted octanol–water partition coefficient (Wildman–Crippen LogP) is 3.66. The molecule has 5 heteroatoms. The zero-order valence-corrected chi connectivity index (χ0v) is 12.6. The second kappa shape index (κ2) is 4.82. The topological polar surface area (TPSA) is 35.6 Å². The van der Waals surface area contributed by atoms with Gasteiger partial charge in [0.05, 0.1) is 11.6 Å². The van der Waals surface area contributed by atoms with Gasteiger partial charge in [-0.25, -0.2) is 9.67 Å². The summed E-state index contributed by atoms with van der Waals surface area (Å²) < 4.78 is 4.42. The van der Waals surface area contributed by atoms with E-state index in [1.54, 1.807) is 0 Å². The van der Waals surface area contributed by atoms with E-state index in [9.17, 15) is 0 Å². The number of alkyl halides is 1. The third-order valence-corrected chi connectivity index (χ3v) is 4.35. The lowest BCUT2D eigenvalue weighted by Crippen LogP contribution is -2.07. The molecule has 2 atom stereocenters. The van der Waals surface area contributed by atoms with Crippen LogP contribution < -0.4 is 0 Å². The Balaban J connectivity index is 2.10. The fourth-order valence-electron chi connectivity index (χ4n) is 3.13. The first-order valence-corrected chi connectivity index (χ1v) is 7.74. The molecule has 0 spiro atoms. The molecule has 2 aromatic rings. The normalized spacial score (nSPS) is 22.3. The quantitative estimate of drug-likeness (QED) is 0.784. The lowest BCUT2D eigenvalue weighted by atomic mass is 10.2. The molecule has 1 aliphatic carbocycles. The van der Waals surface area contributed by atoms with Gasteiger partial charge in [0, 0.05) is 12.6 Å². The molecule has 2 heterocycles. The van der Waals surface area contributed by atoms with Crippen LogP contribution in [0.15, 0.2) is 0 Å². The number of imidazole rings is 1. The number of nitrogens with zero attached hydrogens (tertiary/aromatic N) is 4. The van der Waals surface area contributed by atoms with Crippen LogP contribution in [0.5, 0.6) is 0 Å². The molecule has 0 radical (unpaired) electrons. The van der Waals surface area contributed by atoms with Crippen LogP contribution in [0.1, 0.15) is 50.7 Å². The van der Waals surface area contributed by atoms with Gasteiger partial charge in [0.1, 0.15) is 11.3 Å². The Labute approximate surface area is 118 Å². The summed E-state index contributed by atoms with van der Waals surface area (Å²) in [5, 5.41) is 4.58. The van der Waals surface area contributed by atoms with Crippen molar-refractivity contribution in [3.63, 3.8) is 0 Å². The minimum atomic E-state index is 0.479. The lowest BCUT2D eigenvalue weighted by Gasteiger charge is -2.08. The summed E-state index contributed by atoms with van der Waals surface area (Å²) in [6.07, 6.45) is 3.81. The van der Waals surface area contributed by atoms with Crippen molar-refractivity contribution < 1.29 is 0 Å². The number of aromatic nitrogens is 4. The van der Waals surface area contributed by atoms with Crippen molar-refractivity contribution in [2.45, 2.75) is 58.5 Å². The maximum atomic E-state index is 6.09. The molecule has 4 nitrogen and oxygen atoms in total. The van der Waals surface area contributed by atoms with Gasteiger partial charge in [0.15, 0.2) is 5.65 Å². The van der Waals surface area contributed by atoms with Gasteiger partial charge < -0.3 is 4.57 Å². The highest BCUT2D eigenvalue weighted by molar-refractivity contribution is 6.16. The molecule has 0 aliphatic heterocycles. The molecule has 2 unspecified atom stereocenters. The Kier molecular flexibility index (Phi) is 3.29. The van der Waals surface area contributed by atoms with Gasteiger partial charge in [0.25, 0.3) is 0 Å². The van der Waals surface area contributed by atoms with Gasteiger partial charge in [-0.15, -0.1) is 11.6 Å². The molecule has 0 bridgehead atoms. The molecule has 0 amide bonds. The first-order valence-electron chi connectivity index (χ1n) is 7.21. The highest BCUT2D eigenvalue weighted by atomic mass is 35.5.